The van der Waals surface area contributed by atoms with Gasteiger partial charge in [-0.05, 0) is 29.7 Å². The van der Waals surface area contributed by atoms with Gasteiger partial charge in [-0.25, -0.2) is 0 Å². The van der Waals surface area contributed by atoms with Crippen LogP contribution in [0.1, 0.15) is 39.2 Å². The molecule has 0 fully saturated rings. The molecule has 0 atom stereocenters. The number of rotatable bonds is 5. The monoisotopic (exact) mass is 354 g/mol. The number of allylic oxidation sites excluding steroid dienone is 1. The summed E-state index contributed by atoms with van der Waals surface area (Å²) in [7, 11) is 2.50. The fourth-order valence-electron chi connectivity index (χ4n) is 2.22. The number of carbonyl (C=O) groups excluding carboxylic acids is 2. The molecule has 138 valence electrons. The van der Waals surface area contributed by atoms with Crippen LogP contribution in [0.3, 0.4) is 0 Å². The van der Waals surface area contributed by atoms with Gasteiger partial charge in [-0.2, -0.15) is 0 Å². The minimum Gasteiger partial charge on any atom is -0.468 e. The molecule has 0 aliphatic carbocycles. The molecule has 4 nitrogen and oxygen atoms in total. The van der Waals surface area contributed by atoms with E-state index in [1.54, 1.807) is 6.08 Å². The Morgan fingerprint density at radius 1 is 1.04 bits per heavy atom. The zero-order valence-electron chi connectivity index (χ0n) is 16.1. The lowest BCUT2D eigenvalue weighted by molar-refractivity contribution is -0.168. The van der Waals surface area contributed by atoms with Crippen LogP contribution in [-0.2, 0) is 19.1 Å². The molecule has 0 radical (unpaired) electrons. The van der Waals surface area contributed by atoms with Crippen LogP contribution in [0, 0.1) is 22.7 Å². The average molecular weight is 354 g/mol. The first-order valence-electron chi connectivity index (χ1n) is 8.38. The van der Waals surface area contributed by atoms with Crippen LogP contribution >= 0.6 is 0 Å². The first kappa shape index (κ1) is 21.3. The van der Waals surface area contributed by atoms with Crippen LogP contribution < -0.4 is 0 Å². The molecule has 0 saturated heterocycles. The first-order chi connectivity index (χ1) is 12.2. The number of esters is 2. The summed E-state index contributed by atoms with van der Waals surface area (Å²) in [6.07, 6.45) is 3.63. The summed E-state index contributed by atoms with van der Waals surface area (Å²) in [5.74, 6) is 4.55. The van der Waals surface area contributed by atoms with E-state index in [1.165, 1.54) is 14.2 Å². The van der Waals surface area contributed by atoms with Crippen molar-refractivity contribution in [3.8, 4) is 11.8 Å². The summed E-state index contributed by atoms with van der Waals surface area (Å²) in [4.78, 5) is 24.8. The van der Waals surface area contributed by atoms with Gasteiger partial charge in [-0.3, -0.25) is 9.59 Å². The fourth-order valence-corrected chi connectivity index (χ4v) is 2.22. The van der Waals surface area contributed by atoms with Gasteiger partial charge in [0.1, 0.15) is 0 Å². The Labute approximate surface area is 155 Å². The summed E-state index contributed by atoms with van der Waals surface area (Å²) in [5, 5.41) is 0. The lowest BCUT2D eigenvalue weighted by atomic mass is 9.81. The molecule has 1 aromatic rings. The van der Waals surface area contributed by atoms with Crippen molar-refractivity contribution in [2.24, 2.45) is 10.8 Å². The van der Waals surface area contributed by atoms with E-state index in [9.17, 15) is 9.59 Å². The summed E-state index contributed by atoms with van der Waals surface area (Å²) in [6, 6.07) is 9.36. The van der Waals surface area contributed by atoms with Crippen molar-refractivity contribution in [2.45, 2.75) is 33.6 Å². The fraction of sp³-hybridized carbons (Fsp3) is 0.409. The number of hydrogen-bond donors (Lipinski definition) is 0. The third kappa shape index (κ3) is 6.27. The largest absolute Gasteiger partial charge is 0.468 e. The molecule has 26 heavy (non-hydrogen) atoms. The molecule has 0 amide bonds. The number of methoxy groups -OCH3 is 2. The van der Waals surface area contributed by atoms with Gasteiger partial charge in [-0.1, -0.05) is 50.8 Å². The Bertz CT molecular complexity index is 720. The number of carbonyl (C=O) groups is 2. The Morgan fingerprint density at radius 3 is 2.12 bits per heavy atom. The molecule has 0 aromatic heterocycles. The molecule has 0 saturated carbocycles. The van der Waals surface area contributed by atoms with E-state index in [4.69, 9.17) is 9.47 Å². The Morgan fingerprint density at radius 2 is 1.62 bits per heavy atom. The van der Waals surface area contributed by atoms with Crippen molar-refractivity contribution < 1.29 is 19.1 Å². The zero-order valence-corrected chi connectivity index (χ0v) is 16.1. The maximum Gasteiger partial charge on any atom is 0.324 e. The van der Waals surface area contributed by atoms with Crippen molar-refractivity contribution in [3.63, 3.8) is 0 Å². The van der Waals surface area contributed by atoms with Crippen LogP contribution in [0.2, 0.25) is 0 Å². The summed E-state index contributed by atoms with van der Waals surface area (Å²) < 4.78 is 9.75. The van der Waals surface area contributed by atoms with Crippen molar-refractivity contribution in [1.29, 1.82) is 0 Å². The molecule has 0 aliphatic heterocycles. The highest BCUT2D eigenvalue weighted by Gasteiger charge is 2.47. The van der Waals surface area contributed by atoms with Gasteiger partial charge in [0.2, 0.25) is 0 Å². The highest BCUT2D eigenvalue weighted by molar-refractivity contribution is 6.00. The molecule has 0 N–H and O–H groups in total. The predicted octanol–water partition coefficient (Wildman–Crippen LogP) is 3.91. The van der Waals surface area contributed by atoms with Crippen LogP contribution in [-0.4, -0.2) is 26.2 Å². The van der Waals surface area contributed by atoms with Gasteiger partial charge in [0, 0.05) is 18.4 Å². The van der Waals surface area contributed by atoms with E-state index in [2.05, 4.69) is 17.6 Å². The van der Waals surface area contributed by atoms with Gasteiger partial charge < -0.3 is 9.47 Å². The first-order valence-corrected chi connectivity index (χ1v) is 8.38. The van der Waals surface area contributed by atoms with Gasteiger partial charge in [0.05, 0.1) is 14.2 Å². The summed E-state index contributed by atoms with van der Waals surface area (Å²) in [6.45, 7) is 6.10. The molecule has 0 aliphatic rings. The number of benzene rings is 1. The molecular weight excluding hydrogens is 328 g/mol. The highest BCUT2D eigenvalue weighted by Crippen LogP contribution is 2.30. The van der Waals surface area contributed by atoms with E-state index >= 15 is 0 Å². The maximum atomic E-state index is 12.4. The van der Waals surface area contributed by atoms with E-state index in [-0.39, 0.29) is 18.3 Å². The molecule has 0 heterocycles. The third-order valence-electron chi connectivity index (χ3n) is 3.63. The standard InChI is InChI=1S/C22H26O4/c1-21(2,3)15-9-10-16-22(19(23)25-4,20(24)26-5)17-11-14-18-12-7-6-8-13-18/h6-8,10,12-13,15H,16-17H2,1-5H3. The molecule has 0 bridgehead atoms. The van der Waals surface area contributed by atoms with E-state index < -0.39 is 17.4 Å². The van der Waals surface area contributed by atoms with Crippen LogP contribution in [0.5, 0.6) is 0 Å². The molecule has 1 rings (SSSR count). The molecule has 1 aromatic carbocycles. The minimum atomic E-state index is -1.51. The van der Waals surface area contributed by atoms with E-state index in [0.717, 1.165) is 5.56 Å². The van der Waals surface area contributed by atoms with Crippen molar-refractivity contribution in [3.05, 3.63) is 53.8 Å². The van der Waals surface area contributed by atoms with Crippen molar-refractivity contribution in [2.75, 3.05) is 14.2 Å². The SMILES string of the molecule is COC(=O)C(CC#Cc1ccccc1)(CC=C=CC(C)(C)C)C(=O)OC. The quantitative estimate of drug-likeness (QED) is 0.348. The highest BCUT2D eigenvalue weighted by atomic mass is 16.5. The van der Waals surface area contributed by atoms with Crippen molar-refractivity contribution >= 4 is 11.9 Å². The maximum absolute atomic E-state index is 12.4. The summed E-state index contributed by atoms with van der Waals surface area (Å²) >= 11 is 0. The Hall–Kier alpha value is -2.76. The second kappa shape index (κ2) is 9.65. The smallest absolute Gasteiger partial charge is 0.324 e. The van der Waals surface area contributed by atoms with Gasteiger partial charge in [0.15, 0.2) is 5.41 Å². The van der Waals surface area contributed by atoms with Gasteiger partial charge in [0.25, 0.3) is 0 Å². The molecule has 0 spiro atoms. The third-order valence-corrected chi connectivity index (χ3v) is 3.63. The zero-order chi connectivity index (χ0) is 19.6. The molecule has 4 heteroatoms. The van der Waals surface area contributed by atoms with Crippen LogP contribution in [0.4, 0.5) is 0 Å². The Balaban J connectivity index is 3.18. The lowest BCUT2D eigenvalue weighted by Gasteiger charge is -2.24. The molecule has 0 unspecified atom stereocenters. The number of hydrogen-bond acceptors (Lipinski definition) is 4. The second-order valence-electron chi connectivity index (χ2n) is 7.00. The van der Waals surface area contributed by atoms with E-state index in [0.29, 0.717) is 0 Å². The van der Waals surface area contributed by atoms with Crippen molar-refractivity contribution in [1.82, 2.24) is 0 Å². The van der Waals surface area contributed by atoms with Gasteiger partial charge in [-0.15, -0.1) is 5.73 Å². The van der Waals surface area contributed by atoms with E-state index in [1.807, 2.05) is 57.2 Å². The lowest BCUT2D eigenvalue weighted by Crippen LogP contribution is -2.40. The van der Waals surface area contributed by atoms with Gasteiger partial charge >= 0.3 is 11.9 Å². The average Bonchev–Trinajstić information content (AvgIpc) is 2.62. The number of ether oxygens (including phenoxy) is 2. The Kier molecular flexibility index (Phi) is 7.90. The summed E-state index contributed by atoms with van der Waals surface area (Å²) in [5.41, 5.74) is 2.28. The van der Waals surface area contributed by atoms with Crippen LogP contribution in [0.15, 0.2) is 48.2 Å². The normalized spacial score (nSPS) is 10.7. The predicted molar refractivity (Wildman–Crippen MR) is 101 cm³/mol. The second-order valence-corrected chi connectivity index (χ2v) is 7.00. The molecular formula is C22H26O4. The minimum absolute atomic E-state index is 0.00502. The van der Waals surface area contributed by atoms with Crippen LogP contribution in [0.25, 0.3) is 0 Å². The topological polar surface area (TPSA) is 52.6 Å².